The predicted octanol–water partition coefficient (Wildman–Crippen LogP) is 3.10. The summed E-state index contributed by atoms with van der Waals surface area (Å²) in [5.41, 5.74) is 0.404. The Labute approximate surface area is 156 Å². The lowest BCUT2D eigenvalue weighted by Crippen LogP contribution is -2.37. The minimum atomic E-state index is -1.28. The summed E-state index contributed by atoms with van der Waals surface area (Å²) in [5.74, 6) is -1.72. The first-order chi connectivity index (χ1) is 12.9. The van der Waals surface area contributed by atoms with Crippen LogP contribution in [0.5, 0.6) is 0 Å². The van der Waals surface area contributed by atoms with Crippen LogP contribution in [0.25, 0.3) is 10.9 Å². The van der Waals surface area contributed by atoms with E-state index < -0.39 is 17.2 Å². The zero-order valence-electron chi connectivity index (χ0n) is 15.5. The van der Waals surface area contributed by atoms with E-state index in [1.807, 2.05) is 9.47 Å². The maximum Gasteiger partial charge on any atom is 0.341 e. The van der Waals surface area contributed by atoms with E-state index in [0.717, 1.165) is 25.7 Å². The summed E-state index contributed by atoms with van der Waals surface area (Å²) in [5, 5.41) is 9.57. The Morgan fingerprint density at radius 2 is 1.93 bits per heavy atom. The minimum absolute atomic E-state index is 0.170. The van der Waals surface area contributed by atoms with Crippen molar-refractivity contribution in [1.82, 2.24) is 4.57 Å². The number of carbonyl (C=O) groups is 1. The molecule has 2 heterocycles. The summed E-state index contributed by atoms with van der Waals surface area (Å²) in [6, 6.07) is 1.89. The van der Waals surface area contributed by atoms with Gasteiger partial charge in [-0.25, -0.2) is 9.18 Å². The molecule has 0 spiro atoms. The van der Waals surface area contributed by atoms with Crippen molar-refractivity contribution in [2.24, 2.45) is 0 Å². The van der Waals surface area contributed by atoms with Crippen molar-refractivity contribution in [3.8, 4) is 0 Å². The zero-order chi connectivity index (χ0) is 19.3. The van der Waals surface area contributed by atoms with Crippen molar-refractivity contribution in [1.29, 1.82) is 0 Å². The van der Waals surface area contributed by atoms with Crippen LogP contribution in [0.3, 0.4) is 0 Å². The number of carboxylic acid groups (broad SMARTS) is 1. The van der Waals surface area contributed by atoms with Crippen LogP contribution in [-0.2, 0) is 4.74 Å². The van der Waals surface area contributed by atoms with Crippen LogP contribution in [0, 0.1) is 12.7 Å². The van der Waals surface area contributed by atoms with Crippen molar-refractivity contribution in [2.45, 2.75) is 44.8 Å². The van der Waals surface area contributed by atoms with E-state index in [0.29, 0.717) is 24.3 Å². The van der Waals surface area contributed by atoms with Crippen LogP contribution in [0.4, 0.5) is 10.1 Å². The summed E-state index contributed by atoms with van der Waals surface area (Å²) < 4.78 is 22.4. The molecular weight excluding hydrogens is 351 g/mol. The lowest BCUT2D eigenvalue weighted by atomic mass is 10.0. The second-order valence-corrected chi connectivity index (χ2v) is 7.47. The number of hydrogen-bond donors (Lipinski definition) is 1. The molecule has 7 heteroatoms. The fourth-order valence-corrected chi connectivity index (χ4v) is 4.02. The molecule has 1 aliphatic carbocycles. The Kier molecular flexibility index (Phi) is 4.42. The molecule has 0 unspecified atom stereocenters. The largest absolute Gasteiger partial charge is 0.477 e. The number of hydrogen-bond acceptors (Lipinski definition) is 4. The number of aromatic nitrogens is 1. The number of methoxy groups -OCH3 is 1. The highest BCUT2D eigenvalue weighted by Crippen LogP contribution is 2.39. The molecule has 0 amide bonds. The highest BCUT2D eigenvalue weighted by atomic mass is 19.1. The SMILES string of the molecule is COC1CCN(c2cc3c(c(C)c2F)c(=O)c(C(=O)O)cn3C2CC2)CC1. The van der Waals surface area contributed by atoms with E-state index in [2.05, 4.69) is 0 Å². The third-order valence-corrected chi connectivity index (χ3v) is 5.76. The summed E-state index contributed by atoms with van der Waals surface area (Å²) in [6.45, 7) is 2.93. The van der Waals surface area contributed by atoms with E-state index in [-0.39, 0.29) is 28.7 Å². The molecule has 2 aliphatic rings. The lowest BCUT2D eigenvalue weighted by Gasteiger charge is -2.33. The van der Waals surface area contributed by atoms with Gasteiger partial charge in [0.05, 0.1) is 22.7 Å². The molecule has 1 aromatic carbocycles. The van der Waals surface area contributed by atoms with Crippen LogP contribution >= 0.6 is 0 Å². The summed E-state index contributed by atoms with van der Waals surface area (Å²) in [7, 11) is 1.69. The molecule has 1 aliphatic heterocycles. The van der Waals surface area contributed by atoms with Crippen molar-refractivity contribution in [3.05, 3.63) is 39.4 Å². The molecule has 27 heavy (non-hydrogen) atoms. The maximum atomic E-state index is 15.2. The summed E-state index contributed by atoms with van der Waals surface area (Å²) in [6.07, 6.45) is 5.11. The average Bonchev–Trinajstić information content (AvgIpc) is 3.49. The number of nitrogens with zero attached hydrogens (tertiary/aromatic N) is 2. The zero-order valence-corrected chi connectivity index (χ0v) is 15.5. The van der Waals surface area contributed by atoms with Gasteiger partial charge in [0, 0.05) is 38.0 Å². The van der Waals surface area contributed by atoms with E-state index in [1.54, 1.807) is 20.1 Å². The van der Waals surface area contributed by atoms with Crippen molar-refractivity contribution >= 4 is 22.6 Å². The van der Waals surface area contributed by atoms with E-state index in [4.69, 9.17) is 4.74 Å². The molecule has 0 atom stereocenters. The Morgan fingerprint density at radius 3 is 2.48 bits per heavy atom. The normalized spacial score (nSPS) is 18.3. The van der Waals surface area contributed by atoms with Gasteiger partial charge in [0.1, 0.15) is 11.4 Å². The molecule has 1 N–H and O–H groups in total. The third-order valence-electron chi connectivity index (χ3n) is 5.76. The van der Waals surface area contributed by atoms with Crippen molar-refractivity contribution < 1.29 is 19.0 Å². The molecule has 1 aromatic heterocycles. The molecule has 2 fully saturated rings. The molecular formula is C20H23FN2O4. The lowest BCUT2D eigenvalue weighted by molar-refractivity contribution is 0.0694. The number of benzene rings is 1. The van der Waals surface area contributed by atoms with Gasteiger partial charge >= 0.3 is 5.97 Å². The van der Waals surface area contributed by atoms with Gasteiger partial charge in [0.2, 0.25) is 5.43 Å². The van der Waals surface area contributed by atoms with Gasteiger partial charge in [0.25, 0.3) is 0 Å². The summed E-state index contributed by atoms with van der Waals surface area (Å²) >= 11 is 0. The van der Waals surface area contributed by atoms with Crippen molar-refractivity contribution in [2.75, 3.05) is 25.1 Å². The first-order valence-electron chi connectivity index (χ1n) is 9.31. The number of anilines is 1. The van der Waals surface area contributed by atoms with Gasteiger partial charge in [-0.2, -0.15) is 0 Å². The topological polar surface area (TPSA) is 71.8 Å². The van der Waals surface area contributed by atoms with Crippen LogP contribution in [-0.4, -0.2) is 41.9 Å². The molecule has 0 bridgehead atoms. The van der Waals surface area contributed by atoms with E-state index in [9.17, 15) is 14.7 Å². The van der Waals surface area contributed by atoms with Crippen LogP contribution in [0.1, 0.15) is 47.6 Å². The van der Waals surface area contributed by atoms with E-state index in [1.165, 1.54) is 6.20 Å². The molecule has 6 nitrogen and oxygen atoms in total. The van der Waals surface area contributed by atoms with Gasteiger partial charge in [-0.1, -0.05) is 0 Å². The molecule has 0 radical (unpaired) electrons. The number of pyridine rings is 1. The van der Waals surface area contributed by atoms with Crippen molar-refractivity contribution in [3.63, 3.8) is 0 Å². The number of ether oxygens (including phenoxy) is 1. The fraction of sp³-hybridized carbons (Fsp3) is 0.500. The van der Waals surface area contributed by atoms with Gasteiger partial charge in [-0.3, -0.25) is 4.79 Å². The number of carboxylic acids is 1. The number of fused-ring (bicyclic) bond motifs is 1. The molecule has 1 saturated heterocycles. The number of rotatable bonds is 4. The maximum absolute atomic E-state index is 15.2. The highest BCUT2D eigenvalue weighted by Gasteiger charge is 2.30. The number of piperidine rings is 1. The Balaban J connectivity index is 1.90. The molecule has 4 rings (SSSR count). The second-order valence-electron chi connectivity index (χ2n) is 7.47. The van der Waals surface area contributed by atoms with Crippen LogP contribution in [0.2, 0.25) is 0 Å². The standard InChI is InChI=1S/C20H23FN2O4/c1-11-17-15(23(12-3-4-12)10-14(19(17)24)20(25)26)9-16(18(11)21)22-7-5-13(27-2)6-8-22/h9-10,12-13H,3-8H2,1-2H3,(H,25,26). The monoisotopic (exact) mass is 374 g/mol. The van der Waals surface area contributed by atoms with Gasteiger partial charge in [0.15, 0.2) is 0 Å². The first kappa shape index (κ1) is 18.0. The quantitative estimate of drug-likeness (QED) is 0.890. The van der Waals surface area contributed by atoms with Crippen LogP contribution < -0.4 is 10.3 Å². The number of halogens is 1. The van der Waals surface area contributed by atoms with Gasteiger partial charge < -0.3 is 19.3 Å². The fourth-order valence-electron chi connectivity index (χ4n) is 4.02. The Morgan fingerprint density at radius 1 is 1.26 bits per heavy atom. The minimum Gasteiger partial charge on any atom is -0.477 e. The molecule has 144 valence electrons. The average molecular weight is 374 g/mol. The Bertz CT molecular complexity index is 972. The summed E-state index contributed by atoms with van der Waals surface area (Å²) in [4.78, 5) is 26.2. The first-order valence-corrected chi connectivity index (χ1v) is 9.31. The second kappa shape index (κ2) is 6.64. The highest BCUT2D eigenvalue weighted by molar-refractivity contribution is 5.95. The Hall–Kier alpha value is -2.41. The molecule has 2 aromatic rings. The van der Waals surface area contributed by atoms with E-state index >= 15 is 4.39 Å². The van der Waals surface area contributed by atoms with Crippen LogP contribution in [0.15, 0.2) is 17.1 Å². The number of aromatic carboxylic acids is 1. The van der Waals surface area contributed by atoms with Gasteiger partial charge in [-0.15, -0.1) is 0 Å². The predicted molar refractivity (Wildman–Crippen MR) is 100 cm³/mol. The third kappa shape index (κ3) is 3.00. The molecule has 1 saturated carbocycles. The number of aryl methyl sites for hydroxylation is 1. The van der Waals surface area contributed by atoms with Gasteiger partial charge in [-0.05, 0) is 38.7 Å². The smallest absolute Gasteiger partial charge is 0.341 e.